The number of nitrogens with zero attached hydrogens (tertiary/aromatic N) is 5. The van der Waals surface area contributed by atoms with Crippen LogP contribution in [0.3, 0.4) is 0 Å². The van der Waals surface area contributed by atoms with Crippen LogP contribution in [0.1, 0.15) is 41.2 Å². The lowest BCUT2D eigenvalue weighted by molar-refractivity contribution is 0.0191. The fourth-order valence-electron chi connectivity index (χ4n) is 4.75. The van der Waals surface area contributed by atoms with Crippen LogP contribution in [0.25, 0.3) is 0 Å². The van der Waals surface area contributed by atoms with Crippen molar-refractivity contribution in [3.05, 3.63) is 41.9 Å². The minimum atomic E-state index is 0.0232. The van der Waals surface area contributed by atoms with Crippen molar-refractivity contribution >= 4 is 17.7 Å². The molecule has 0 aliphatic carbocycles. The second-order valence-corrected chi connectivity index (χ2v) is 8.38. The molecule has 3 aliphatic heterocycles. The lowest BCUT2D eigenvalue weighted by Crippen LogP contribution is -2.35. The summed E-state index contributed by atoms with van der Waals surface area (Å²) in [6, 6.07) is 4.09. The van der Waals surface area contributed by atoms with E-state index < -0.39 is 0 Å². The summed E-state index contributed by atoms with van der Waals surface area (Å²) in [6.07, 6.45) is 8.22. The standard InChI is InChI=1S/C21H26N6O2/c1-26-13-17(16-3-2-7-22-18(16)26)25-20-23-11-15(12-24-20)19(28)27-8-4-21(14-27)5-9-29-10-6-21/h2-3,7,11-12,17H,4-6,8-10,13-14H2,1H3,(H,23,24,25). The topological polar surface area (TPSA) is 83.5 Å². The Kier molecular flexibility index (Phi) is 4.58. The molecule has 3 aliphatic rings. The van der Waals surface area contributed by atoms with Gasteiger partial charge in [-0.3, -0.25) is 4.79 Å². The fourth-order valence-corrected chi connectivity index (χ4v) is 4.75. The molecular formula is C21H26N6O2. The summed E-state index contributed by atoms with van der Waals surface area (Å²) in [6.45, 7) is 4.03. The van der Waals surface area contributed by atoms with Crippen LogP contribution >= 0.6 is 0 Å². The molecule has 8 nitrogen and oxygen atoms in total. The molecule has 0 radical (unpaired) electrons. The van der Waals surface area contributed by atoms with Crippen LogP contribution in [0.5, 0.6) is 0 Å². The van der Waals surface area contributed by atoms with Crippen LogP contribution in [-0.2, 0) is 4.74 Å². The van der Waals surface area contributed by atoms with Crippen LogP contribution < -0.4 is 10.2 Å². The highest BCUT2D eigenvalue weighted by Crippen LogP contribution is 2.40. The Bertz CT molecular complexity index is 896. The van der Waals surface area contributed by atoms with Crippen molar-refractivity contribution in [2.75, 3.05) is 50.1 Å². The van der Waals surface area contributed by atoms with E-state index in [2.05, 4.69) is 31.2 Å². The maximum Gasteiger partial charge on any atom is 0.257 e. The lowest BCUT2D eigenvalue weighted by Gasteiger charge is -2.33. The number of fused-ring (bicyclic) bond motifs is 1. The first-order valence-electron chi connectivity index (χ1n) is 10.3. The average molecular weight is 394 g/mol. The number of anilines is 2. The maximum atomic E-state index is 12.9. The molecule has 2 fully saturated rings. The summed E-state index contributed by atoms with van der Waals surface area (Å²) in [5, 5.41) is 3.37. The monoisotopic (exact) mass is 394 g/mol. The molecule has 2 saturated heterocycles. The third kappa shape index (κ3) is 3.42. The predicted octanol–water partition coefficient (Wildman–Crippen LogP) is 2.12. The van der Waals surface area contributed by atoms with Gasteiger partial charge in [-0.2, -0.15) is 0 Å². The molecule has 0 aromatic carbocycles. The molecule has 152 valence electrons. The molecule has 5 rings (SSSR count). The second kappa shape index (κ2) is 7.26. The van der Waals surface area contributed by atoms with E-state index in [0.29, 0.717) is 11.5 Å². The van der Waals surface area contributed by atoms with E-state index in [9.17, 15) is 4.79 Å². The number of carbonyl (C=O) groups excluding carboxylic acids is 1. The first kappa shape index (κ1) is 18.3. The summed E-state index contributed by atoms with van der Waals surface area (Å²) < 4.78 is 5.50. The number of pyridine rings is 1. The third-order valence-corrected chi connectivity index (χ3v) is 6.49. The minimum absolute atomic E-state index is 0.0232. The van der Waals surface area contributed by atoms with E-state index in [4.69, 9.17) is 4.74 Å². The highest BCUT2D eigenvalue weighted by atomic mass is 16.5. The van der Waals surface area contributed by atoms with E-state index >= 15 is 0 Å². The number of hydrogen-bond acceptors (Lipinski definition) is 7. The Labute approximate surface area is 170 Å². The SMILES string of the molecule is CN1CC(Nc2ncc(C(=O)N3CCC4(CCOCC4)C3)cn2)c2cccnc21. The Balaban J connectivity index is 1.25. The smallest absolute Gasteiger partial charge is 0.257 e. The first-order chi connectivity index (χ1) is 14.1. The molecule has 8 heteroatoms. The summed E-state index contributed by atoms with van der Waals surface area (Å²) in [5.74, 6) is 1.53. The Morgan fingerprint density at radius 1 is 1.21 bits per heavy atom. The minimum Gasteiger partial charge on any atom is -0.381 e. The number of ether oxygens (including phenoxy) is 1. The van der Waals surface area contributed by atoms with Crippen LogP contribution in [-0.4, -0.2) is 65.7 Å². The average Bonchev–Trinajstić information content (AvgIpc) is 3.30. The number of nitrogens with one attached hydrogen (secondary N) is 1. The Hall–Kier alpha value is -2.74. The lowest BCUT2D eigenvalue weighted by atomic mass is 9.80. The van der Waals surface area contributed by atoms with Gasteiger partial charge in [0.2, 0.25) is 5.95 Å². The number of carbonyl (C=O) groups is 1. The van der Waals surface area contributed by atoms with Gasteiger partial charge in [0.15, 0.2) is 0 Å². The predicted molar refractivity (Wildman–Crippen MR) is 109 cm³/mol. The summed E-state index contributed by atoms with van der Waals surface area (Å²) in [5.41, 5.74) is 1.93. The maximum absolute atomic E-state index is 12.9. The third-order valence-electron chi connectivity index (χ3n) is 6.49. The van der Waals surface area contributed by atoms with Gasteiger partial charge in [-0.15, -0.1) is 0 Å². The van der Waals surface area contributed by atoms with Gasteiger partial charge >= 0.3 is 0 Å². The summed E-state index contributed by atoms with van der Waals surface area (Å²) in [7, 11) is 2.03. The number of likely N-dealkylation sites (tertiary alicyclic amines) is 1. The van der Waals surface area contributed by atoms with Gasteiger partial charge < -0.3 is 19.9 Å². The van der Waals surface area contributed by atoms with E-state index in [-0.39, 0.29) is 17.4 Å². The van der Waals surface area contributed by atoms with Crippen LogP contribution in [0.15, 0.2) is 30.7 Å². The van der Waals surface area contributed by atoms with Gasteiger partial charge in [0, 0.05) is 64.0 Å². The molecule has 1 unspecified atom stereocenters. The van der Waals surface area contributed by atoms with Gasteiger partial charge in [-0.1, -0.05) is 6.07 Å². The van der Waals surface area contributed by atoms with Crippen LogP contribution in [0.4, 0.5) is 11.8 Å². The molecule has 0 saturated carbocycles. The second-order valence-electron chi connectivity index (χ2n) is 8.38. The van der Waals surface area contributed by atoms with E-state index in [1.54, 1.807) is 18.6 Å². The molecule has 29 heavy (non-hydrogen) atoms. The number of aromatic nitrogens is 3. The Morgan fingerprint density at radius 3 is 2.79 bits per heavy atom. The number of hydrogen-bond donors (Lipinski definition) is 1. The van der Waals surface area contributed by atoms with Crippen molar-refractivity contribution in [3.8, 4) is 0 Å². The van der Waals surface area contributed by atoms with E-state index in [0.717, 1.165) is 63.5 Å². The van der Waals surface area contributed by atoms with E-state index in [1.165, 1.54) is 0 Å². The first-order valence-corrected chi connectivity index (χ1v) is 10.3. The van der Waals surface area contributed by atoms with Crippen molar-refractivity contribution in [2.24, 2.45) is 5.41 Å². The molecule has 1 amide bonds. The van der Waals surface area contributed by atoms with Gasteiger partial charge in [0.25, 0.3) is 5.91 Å². The van der Waals surface area contributed by atoms with E-state index in [1.807, 2.05) is 18.0 Å². The summed E-state index contributed by atoms with van der Waals surface area (Å²) >= 11 is 0. The highest BCUT2D eigenvalue weighted by Gasteiger charge is 2.41. The van der Waals surface area contributed by atoms with Gasteiger partial charge in [-0.05, 0) is 30.7 Å². The fraction of sp³-hybridized carbons (Fsp3) is 0.524. The van der Waals surface area contributed by atoms with Gasteiger partial charge in [0.1, 0.15) is 5.82 Å². The quantitative estimate of drug-likeness (QED) is 0.854. The molecule has 1 atom stereocenters. The number of likely N-dealkylation sites (N-methyl/N-ethyl adjacent to an activating group) is 1. The molecule has 2 aromatic rings. The summed E-state index contributed by atoms with van der Waals surface area (Å²) in [4.78, 5) is 30.2. The zero-order chi connectivity index (χ0) is 19.8. The largest absolute Gasteiger partial charge is 0.381 e. The van der Waals surface area contributed by atoms with Crippen molar-refractivity contribution in [1.82, 2.24) is 19.9 Å². The molecule has 1 N–H and O–H groups in total. The van der Waals surface area contributed by atoms with Crippen molar-refractivity contribution in [1.29, 1.82) is 0 Å². The molecular weight excluding hydrogens is 368 g/mol. The number of rotatable bonds is 3. The number of amides is 1. The van der Waals surface area contributed by atoms with Crippen molar-refractivity contribution in [2.45, 2.75) is 25.3 Å². The molecule has 5 heterocycles. The zero-order valence-corrected chi connectivity index (χ0v) is 16.7. The van der Waals surface area contributed by atoms with Crippen LogP contribution in [0.2, 0.25) is 0 Å². The zero-order valence-electron chi connectivity index (χ0n) is 16.7. The van der Waals surface area contributed by atoms with Crippen molar-refractivity contribution in [3.63, 3.8) is 0 Å². The normalized spacial score (nSPS) is 22.7. The molecule has 0 bridgehead atoms. The molecule has 1 spiro atoms. The van der Waals surface area contributed by atoms with Gasteiger partial charge in [0.05, 0.1) is 11.6 Å². The van der Waals surface area contributed by atoms with Gasteiger partial charge in [-0.25, -0.2) is 15.0 Å². The van der Waals surface area contributed by atoms with Crippen molar-refractivity contribution < 1.29 is 9.53 Å². The Morgan fingerprint density at radius 2 is 2.00 bits per heavy atom. The highest BCUT2D eigenvalue weighted by molar-refractivity contribution is 5.94. The van der Waals surface area contributed by atoms with Crippen LogP contribution in [0, 0.1) is 5.41 Å². The molecule has 2 aromatic heterocycles.